The Morgan fingerprint density at radius 2 is 1.91 bits per heavy atom. The number of hydrogen-bond donors (Lipinski definition) is 4. The minimum atomic E-state index is -1.07. The molecule has 2 aromatic heterocycles. The maximum atomic E-state index is 13.5. The number of fused-ring (bicyclic) bond motifs is 1. The third kappa shape index (κ3) is 5.58. The molecule has 4 aromatic rings. The molecule has 3 aliphatic rings. The number of anilines is 1. The highest BCUT2D eigenvalue weighted by Crippen LogP contribution is 2.36. The number of nitrogens with one attached hydrogen (secondary N) is 3. The highest BCUT2D eigenvalue weighted by Gasteiger charge is 2.43. The van der Waals surface area contributed by atoms with Crippen molar-refractivity contribution in [3.63, 3.8) is 0 Å². The summed E-state index contributed by atoms with van der Waals surface area (Å²) in [7, 11) is 0. The summed E-state index contributed by atoms with van der Waals surface area (Å²) in [5.41, 5.74) is 9.68. The number of aromatic nitrogens is 2. The summed E-state index contributed by atoms with van der Waals surface area (Å²) in [4.78, 5) is 36.4. The normalized spacial score (nSPS) is 21.0. The summed E-state index contributed by atoms with van der Waals surface area (Å²) < 4.78 is 19.2. The van der Waals surface area contributed by atoms with Gasteiger partial charge in [0.2, 0.25) is 11.8 Å². The van der Waals surface area contributed by atoms with E-state index < -0.39 is 12.1 Å². The van der Waals surface area contributed by atoms with Gasteiger partial charge in [-0.1, -0.05) is 30.3 Å². The zero-order chi connectivity index (χ0) is 30.2. The number of alkyl halides is 1. The van der Waals surface area contributed by atoms with Gasteiger partial charge in [-0.15, -0.1) is 10.2 Å². The molecular formula is C31H31FN8O4. The van der Waals surface area contributed by atoms with Crippen LogP contribution in [-0.2, 0) is 4.79 Å². The molecule has 0 spiro atoms. The number of carbonyl (C=O) groups excluding carboxylic acids is 2. The predicted octanol–water partition coefficient (Wildman–Crippen LogP) is 3.41. The van der Waals surface area contributed by atoms with Gasteiger partial charge in [0.15, 0.2) is 11.4 Å². The topological polar surface area (TPSA) is 148 Å². The highest BCUT2D eigenvalue weighted by molar-refractivity contribution is 5.96. The molecule has 0 bridgehead atoms. The lowest BCUT2D eigenvalue weighted by atomic mass is 9.85. The van der Waals surface area contributed by atoms with Gasteiger partial charge in [0.1, 0.15) is 24.0 Å². The number of amides is 2. The van der Waals surface area contributed by atoms with Gasteiger partial charge in [0, 0.05) is 30.5 Å². The SMILES string of the molecule is O=C(Nc1ccc2oc(-c3ccnc(C(=O)N4CCC(C(c5ccccc5)N5NN=C(CO)N5)CC4)c3)nc2c1)[C@@H]1C[C@@H]1F. The average Bonchev–Trinajstić information content (AvgIpc) is 3.41. The van der Waals surface area contributed by atoms with E-state index in [-0.39, 0.29) is 36.8 Å². The Morgan fingerprint density at radius 1 is 1.11 bits per heavy atom. The number of hydrazone groups is 1. The fraction of sp³-hybridized carbons (Fsp3) is 0.323. The number of oxazole rings is 1. The minimum absolute atomic E-state index is 0.0648. The number of amidine groups is 1. The van der Waals surface area contributed by atoms with Crippen LogP contribution in [0, 0.1) is 11.8 Å². The summed E-state index contributed by atoms with van der Waals surface area (Å²) >= 11 is 0. The fourth-order valence-electron chi connectivity index (χ4n) is 5.85. The van der Waals surface area contributed by atoms with Crippen molar-refractivity contribution in [1.82, 2.24) is 30.9 Å². The van der Waals surface area contributed by atoms with Crippen molar-refractivity contribution >= 4 is 34.4 Å². The molecule has 226 valence electrons. The molecule has 7 rings (SSSR count). The monoisotopic (exact) mass is 598 g/mol. The molecule has 0 radical (unpaired) electrons. The lowest BCUT2D eigenvalue weighted by Gasteiger charge is -2.39. The third-order valence-corrected chi connectivity index (χ3v) is 8.32. The number of rotatable bonds is 8. The lowest BCUT2D eigenvalue weighted by molar-refractivity contribution is -0.117. The van der Waals surface area contributed by atoms with Gasteiger partial charge < -0.3 is 19.7 Å². The van der Waals surface area contributed by atoms with Gasteiger partial charge in [-0.05, 0) is 61.1 Å². The number of aliphatic hydroxyl groups excluding tert-OH is 1. The zero-order valence-corrected chi connectivity index (χ0v) is 23.7. The molecule has 3 atom stereocenters. The summed E-state index contributed by atoms with van der Waals surface area (Å²) in [5.74, 6) is -0.114. The number of aliphatic hydroxyl groups is 1. The molecule has 1 saturated carbocycles. The lowest BCUT2D eigenvalue weighted by Crippen LogP contribution is -2.49. The Labute approximate surface area is 251 Å². The van der Waals surface area contributed by atoms with Crippen LogP contribution in [0.4, 0.5) is 10.1 Å². The van der Waals surface area contributed by atoms with E-state index in [0.717, 1.165) is 18.4 Å². The van der Waals surface area contributed by atoms with Crippen LogP contribution in [-0.4, -0.2) is 68.6 Å². The molecule has 4 N–H and O–H groups in total. The average molecular weight is 599 g/mol. The van der Waals surface area contributed by atoms with Crippen LogP contribution in [0.1, 0.15) is 41.4 Å². The number of piperidine rings is 1. The first-order valence-corrected chi connectivity index (χ1v) is 14.6. The van der Waals surface area contributed by atoms with Crippen molar-refractivity contribution in [3.8, 4) is 11.5 Å². The number of hydrogen-bond acceptors (Lipinski definition) is 10. The van der Waals surface area contributed by atoms with E-state index in [0.29, 0.717) is 52.9 Å². The Bertz CT molecular complexity index is 1720. The van der Waals surface area contributed by atoms with Crippen molar-refractivity contribution in [1.29, 1.82) is 0 Å². The molecular weight excluding hydrogens is 567 g/mol. The highest BCUT2D eigenvalue weighted by atomic mass is 19.1. The van der Waals surface area contributed by atoms with E-state index in [1.54, 1.807) is 36.5 Å². The van der Waals surface area contributed by atoms with Crippen molar-refractivity contribution in [2.24, 2.45) is 16.9 Å². The molecule has 13 heteroatoms. The Hall–Kier alpha value is -4.88. The van der Waals surface area contributed by atoms with Crippen LogP contribution in [0.5, 0.6) is 0 Å². The molecule has 12 nitrogen and oxygen atoms in total. The van der Waals surface area contributed by atoms with Crippen molar-refractivity contribution < 1.29 is 23.5 Å². The van der Waals surface area contributed by atoms with E-state index in [9.17, 15) is 19.1 Å². The second-order valence-electron chi connectivity index (χ2n) is 11.3. The van der Waals surface area contributed by atoms with Gasteiger partial charge in [0.25, 0.3) is 5.91 Å². The molecule has 2 fully saturated rings. The number of halogens is 1. The molecule has 2 amide bonds. The van der Waals surface area contributed by atoms with E-state index >= 15 is 0 Å². The summed E-state index contributed by atoms with van der Waals surface area (Å²) in [6.07, 6.45) is 2.27. The molecule has 1 aliphatic carbocycles. The van der Waals surface area contributed by atoms with Crippen LogP contribution in [0.3, 0.4) is 0 Å². The van der Waals surface area contributed by atoms with Crippen LogP contribution in [0.15, 0.2) is 76.4 Å². The minimum Gasteiger partial charge on any atom is -0.436 e. The van der Waals surface area contributed by atoms with Gasteiger partial charge in [-0.25, -0.2) is 14.9 Å². The number of hydrazine groups is 2. The maximum Gasteiger partial charge on any atom is 0.272 e. The molecule has 4 heterocycles. The molecule has 2 aliphatic heterocycles. The largest absolute Gasteiger partial charge is 0.436 e. The fourth-order valence-corrected chi connectivity index (χ4v) is 5.85. The van der Waals surface area contributed by atoms with Crippen molar-refractivity contribution in [2.75, 3.05) is 25.0 Å². The second kappa shape index (κ2) is 11.7. The summed E-state index contributed by atoms with van der Waals surface area (Å²) in [6.45, 7) is 0.915. The number of nitrogens with zero attached hydrogens (tertiary/aromatic N) is 5. The first kappa shape index (κ1) is 27.9. The van der Waals surface area contributed by atoms with Crippen LogP contribution in [0.2, 0.25) is 0 Å². The molecule has 2 aromatic carbocycles. The Morgan fingerprint density at radius 3 is 2.64 bits per heavy atom. The summed E-state index contributed by atoms with van der Waals surface area (Å²) in [5, 5.41) is 18.2. The zero-order valence-electron chi connectivity index (χ0n) is 23.7. The van der Waals surface area contributed by atoms with Gasteiger partial charge in [0.05, 0.1) is 12.0 Å². The van der Waals surface area contributed by atoms with E-state index in [4.69, 9.17) is 4.42 Å². The first-order valence-electron chi connectivity index (χ1n) is 14.6. The first-order chi connectivity index (χ1) is 21.5. The smallest absolute Gasteiger partial charge is 0.272 e. The van der Waals surface area contributed by atoms with Crippen LogP contribution in [0.25, 0.3) is 22.6 Å². The van der Waals surface area contributed by atoms with Gasteiger partial charge in [-0.2, -0.15) is 0 Å². The van der Waals surface area contributed by atoms with E-state index in [1.807, 2.05) is 28.2 Å². The summed E-state index contributed by atoms with van der Waals surface area (Å²) in [6, 6.07) is 18.5. The predicted molar refractivity (Wildman–Crippen MR) is 159 cm³/mol. The van der Waals surface area contributed by atoms with Gasteiger partial charge in [-0.3, -0.25) is 20.0 Å². The van der Waals surface area contributed by atoms with Crippen molar-refractivity contribution in [2.45, 2.75) is 31.5 Å². The second-order valence-corrected chi connectivity index (χ2v) is 11.3. The molecule has 1 saturated heterocycles. The van der Waals surface area contributed by atoms with E-state index in [1.165, 1.54) is 0 Å². The Balaban J connectivity index is 1.03. The van der Waals surface area contributed by atoms with Crippen LogP contribution >= 0.6 is 0 Å². The quantitative estimate of drug-likeness (QED) is 0.239. The molecule has 44 heavy (non-hydrogen) atoms. The van der Waals surface area contributed by atoms with Gasteiger partial charge >= 0.3 is 0 Å². The Kier molecular flexibility index (Phi) is 7.40. The number of carbonyl (C=O) groups is 2. The molecule has 1 unspecified atom stereocenters. The number of pyridine rings is 1. The maximum absolute atomic E-state index is 13.5. The van der Waals surface area contributed by atoms with E-state index in [2.05, 4.69) is 43.5 Å². The standard InChI is InChI=1S/C31H31FN8O4/c32-23-16-22(23)29(42)34-21-6-7-26-24(15-21)35-30(44-26)20-8-11-33-25(14-20)31(43)39-12-9-19(10-13-39)28(18-4-2-1-3-5-18)40-37-27(17-41)36-38-40/h1-8,11,14-15,19,22-23,28,38,41H,9-10,12-13,16-17H2,(H,34,42)(H,36,37)/t22-,23+,28?/m1/s1. The third-order valence-electron chi connectivity index (χ3n) is 8.32. The van der Waals surface area contributed by atoms with Crippen molar-refractivity contribution in [3.05, 3.63) is 78.1 Å². The van der Waals surface area contributed by atoms with Crippen LogP contribution < -0.4 is 16.3 Å². The number of benzene rings is 2. The number of likely N-dealkylation sites (tertiary alicyclic amines) is 1.